The summed E-state index contributed by atoms with van der Waals surface area (Å²) in [5.74, 6) is 2.47. The monoisotopic (exact) mass is 288 g/mol. The standard InChI is InChI=1S/C16H24N4O/c1-12(2)19-8-6-13(7-9-19)10-15-17-16-5-4-14(21-3)11-20(16)18-15/h4-5,11-13H,6-10H2,1-3H3. The van der Waals surface area contributed by atoms with E-state index < -0.39 is 0 Å². The van der Waals surface area contributed by atoms with Gasteiger partial charge in [-0.3, -0.25) is 0 Å². The highest BCUT2D eigenvalue weighted by Gasteiger charge is 2.22. The van der Waals surface area contributed by atoms with Crippen LogP contribution >= 0.6 is 0 Å². The summed E-state index contributed by atoms with van der Waals surface area (Å²) in [6, 6.07) is 4.54. The number of nitrogens with zero attached hydrogens (tertiary/aromatic N) is 4. The van der Waals surface area contributed by atoms with Crippen molar-refractivity contribution in [3.8, 4) is 5.75 Å². The zero-order valence-corrected chi connectivity index (χ0v) is 13.1. The van der Waals surface area contributed by atoms with Crippen LogP contribution in [0.2, 0.25) is 0 Å². The maximum atomic E-state index is 5.22. The predicted octanol–water partition coefficient (Wildman–Crippen LogP) is 2.40. The van der Waals surface area contributed by atoms with Crippen LogP contribution in [0.15, 0.2) is 18.3 Å². The molecule has 1 aliphatic heterocycles. The van der Waals surface area contributed by atoms with E-state index in [1.54, 1.807) is 7.11 Å². The molecule has 1 aliphatic rings. The fourth-order valence-corrected chi connectivity index (χ4v) is 3.05. The highest BCUT2D eigenvalue weighted by atomic mass is 16.5. The first-order valence-corrected chi connectivity index (χ1v) is 7.79. The minimum absolute atomic E-state index is 0.659. The molecule has 0 spiro atoms. The maximum absolute atomic E-state index is 5.22. The smallest absolute Gasteiger partial charge is 0.155 e. The van der Waals surface area contributed by atoms with Crippen LogP contribution in [0.5, 0.6) is 5.75 Å². The van der Waals surface area contributed by atoms with Crippen molar-refractivity contribution >= 4 is 5.65 Å². The van der Waals surface area contributed by atoms with Gasteiger partial charge in [-0.05, 0) is 57.8 Å². The lowest BCUT2D eigenvalue weighted by Gasteiger charge is -2.34. The van der Waals surface area contributed by atoms with Crippen molar-refractivity contribution in [1.29, 1.82) is 0 Å². The lowest BCUT2D eigenvalue weighted by atomic mass is 9.93. The SMILES string of the molecule is COc1ccc2nc(CC3CCN(C(C)C)CC3)nn2c1. The fourth-order valence-electron chi connectivity index (χ4n) is 3.05. The van der Waals surface area contributed by atoms with Crippen LogP contribution in [0.3, 0.4) is 0 Å². The molecule has 5 heteroatoms. The van der Waals surface area contributed by atoms with Crippen molar-refractivity contribution in [1.82, 2.24) is 19.5 Å². The predicted molar refractivity (Wildman–Crippen MR) is 82.7 cm³/mol. The highest BCUT2D eigenvalue weighted by Crippen LogP contribution is 2.22. The van der Waals surface area contributed by atoms with Gasteiger partial charge in [0, 0.05) is 12.5 Å². The minimum Gasteiger partial charge on any atom is -0.495 e. The van der Waals surface area contributed by atoms with E-state index in [2.05, 4.69) is 28.8 Å². The molecule has 0 aromatic carbocycles. The van der Waals surface area contributed by atoms with E-state index in [4.69, 9.17) is 4.74 Å². The molecule has 114 valence electrons. The molecule has 0 bridgehead atoms. The van der Waals surface area contributed by atoms with Gasteiger partial charge in [-0.15, -0.1) is 0 Å². The van der Waals surface area contributed by atoms with Crippen LogP contribution in [-0.2, 0) is 6.42 Å². The van der Waals surface area contributed by atoms with Gasteiger partial charge < -0.3 is 9.64 Å². The summed E-state index contributed by atoms with van der Waals surface area (Å²) < 4.78 is 7.04. The Morgan fingerprint density at radius 3 is 2.71 bits per heavy atom. The first kappa shape index (κ1) is 14.3. The van der Waals surface area contributed by atoms with Crippen molar-refractivity contribution in [3.05, 3.63) is 24.2 Å². The molecule has 0 N–H and O–H groups in total. The third kappa shape index (κ3) is 3.18. The van der Waals surface area contributed by atoms with E-state index in [9.17, 15) is 0 Å². The number of hydrogen-bond donors (Lipinski definition) is 0. The number of methoxy groups -OCH3 is 1. The number of pyridine rings is 1. The van der Waals surface area contributed by atoms with Crippen LogP contribution in [0.1, 0.15) is 32.5 Å². The van der Waals surface area contributed by atoms with Crippen molar-refractivity contribution < 1.29 is 4.74 Å². The normalized spacial score (nSPS) is 17.7. The van der Waals surface area contributed by atoms with Crippen LogP contribution in [0.4, 0.5) is 0 Å². The van der Waals surface area contributed by atoms with Gasteiger partial charge in [0.05, 0.1) is 13.3 Å². The van der Waals surface area contributed by atoms with Gasteiger partial charge in [0.25, 0.3) is 0 Å². The van der Waals surface area contributed by atoms with Crippen LogP contribution < -0.4 is 4.74 Å². The fraction of sp³-hybridized carbons (Fsp3) is 0.625. The van der Waals surface area contributed by atoms with Gasteiger partial charge in [0.2, 0.25) is 0 Å². The Morgan fingerprint density at radius 1 is 1.29 bits per heavy atom. The molecule has 0 aliphatic carbocycles. The van der Waals surface area contributed by atoms with Crippen LogP contribution in [0, 0.1) is 5.92 Å². The molecule has 0 atom stereocenters. The number of fused-ring (bicyclic) bond motifs is 1. The Balaban J connectivity index is 1.65. The van der Waals surface area contributed by atoms with Gasteiger partial charge in [-0.2, -0.15) is 5.10 Å². The summed E-state index contributed by atoms with van der Waals surface area (Å²) in [6.07, 6.45) is 5.36. The Morgan fingerprint density at radius 2 is 2.05 bits per heavy atom. The average Bonchev–Trinajstić information content (AvgIpc) is 2.88. The molecule has 1 saturated heterocycles. The Kier molecular flexibility index (Phi) is 4.10. The third-order valence-corrected chi connectivity index (χ3v) is 4.43. The number of piperidine rings is 1. The molecule has 1 fully saturated rings. The van der Waals surface area contributed by atoms with E-state index in [0.29, 0.717) is 12.0 Å². The second kappa shape index (κ2) is 6.02. The molecule has 0 saturated carbocycles. The van der Waals surface area contributed by atoms with Gasteiger partial charge in [0.15, 0.2) is 11.5 Å². The van der Waals surface area contributed by atoms with Crippen molar-refractivity contribution in [2.24, 2.45) is 5.92 Å². The molecule has 0 radical (unpaired) electrons. The molecule has 21 heavy (non-hydrogen) atoms. The largest absolute Gasteiger partial charge is 0.495 e. The van der Waals surface area contributed by atoms with Gasteiger partial charge in [-0.1, -0.05) is 0 Å². The van der Waals surface area contributed by atoms with Crippen LogP contribution in [-0.4, -0.2) is 45.7 Å². The zero-order valence-electron chi connectivity index (χ0n) is 13.1. The van der Waals surface area contributed by atoms with E-state index >= 15 is 0 Å². The maximum Gasteiger partial charge on any atom is 0.155 e. The summed E-state index contributed by atoms with van der Waals surface area (Å²) in [5, 5.41) is 4.58. The van der Waals surface area contributed by atoms with E-state index in [-0.39, 0.29) is 0 Å². The van der Waals surface area contributed by atoms with Gasteiger partial charge in [-0.25, -0.2) is 9.50 Å². The van der Waals surface area contributed by atoms with Crippen molar-refractivity contribution in [3.63, 3.8) is 0 Å². The lowest BCUT2D eigenvalue weighted by molar-refractivity contribution is 0.148. The molecular weight excluding hydrogens is 264 g/mol. The molecule has 0 unspecified atom stereocenters. The van der Waals surface area contributed by atoms with Crippen molar-refractivity contribution in [2.75, 3.05) is 20.2 Å². The Hall–Kier alpha value is -1.62. The molecular formula is C16H24N4O. The highest BCUT2D eigenvalue weighted by molar-refractivity contribution is 5.40. The number of hydrogen-bond acceptors (Lipinski definition) is 4. The quantitative estimate of drug-likeness (QED) is 0.866. The first-order valence-electron chi connectivity index (χ1n) is 7.79. The topological polar surface area (TPSA) is 42.7 Å². The van der Waals surface area contributed by atoms with E-state index in [0.717, 1.165) is 23.6 Å². The van der Waals surface area contributed by atoms with Crippen LogP contribution in [0.25, 0.3) is 5.65 Å². The summed E-state index contributed by atoms with van der Waals surface area (Å²) in [4.78, 5) is 7.17. The number of aromatic nitrogens is 3. The number of likely N-dealkylation sites (tertiary alicyclic amines) is 1. The molecule has 2 aromatic rings. The lowest BCUT2D eigenvalue weighted by Crippen LogP contribution is -2.38. The minimum atomic E-state index is 0.659. The average molecular weight is 288 g/mol. The van der Waals surface area contributed by atoms with Crippen molar-refractivity contribution in [2.45, 2.75) is 39.2 Å². The van der Waals surface area contributed by atoms with Gasteiger partial charge in [0.1, 0.15) is 5.75 Å². The summed E-state index contributed by atoms with van der Waals surface area (Å²) in [7, 11) is 1.67. The molecule has 0 amide bonds. The Bertz CT molecular complexity index is 599. The summed E-state index contributed by atoms with van der Waals surface area (Å²) >= 11 is 0. The third-order valence-electron chi connectivity index (χ3n) is 4.43. The summed E-state index contributed by atoms with van der Waals surface area (Å²) in [6.45, 7) is 6.95. The molecule has 3 heterocycles. The molecule has 3 rings (SSSR count). The molecule has 2 aromatic heterocycles. The molecule has 5 nitrogen and oxygen atoms in total. The first-order chi connectivity index (χ1) is 10.2. The second-order valence-corrected chi connectivity index (χ2v) is 6.18. The Labute approximate surface area is 125 Å². The zero-order chi connectivity index (χ0) is 14.8. The second-order valence-electron chi connectivity index (χ2n) is 6.18. The summed E-state index contributed by atoms with van der Waals surface area (Å²) in [5.41, 5.74) is 0.894. The van der Waals surface area contributed by atoms with Gasteiger partial charge >= 0.3 is 0 Å². The number of rotatable bonds is 4. The number of ether oxygens (including phenoxy) is 1. The van der Waals surface area contributed by atoms with E-state index in [1.165, 1.54) is 25.9 Å². The van der Waals surface area contributed by atoms with E-state index in [1.807, 2.05) is 22.8 Å².